The molecule has 0 radical (unpaired) electrons. The van der Waals surface area contributed by atoms with Crippen LogP contribution in [-0.4, -0.2) is 31.4 Å². The summed E-state index contributed by atoms with van der Waals surface area (Å²) in [5.74, 6) is 0.216. The summed E-state index contributed by atoms with van der Waals surface area (Å²) in [4.78, 5) is 14.9. The number of para-hydroxylation sites is 1. The monoisotopic (exact) mass is 378 g/mol. The molecule has 148 valence electrons. The van der Waals surface area contributed by atoms with Gasteiger partial charge in [-0.2, -0.15) is 0 Å². The van der Waals surface area contributed by atoms with E-state index < -0.39 is 0 Å². The molecule has 0 aliphatic heterocycles. The third-order valence-corrected chi connectivity index (χ3v) is 5.29. The van der Waals surface area contributed by atoms with Crippen LogP contribution < -0.4 is 5.32 Å². The number of nitrogens with one attached hydrogen (secondary N) is 1. The van der Waals surface area contributed by atoms with Crippen molar-refractivity contribution in [3.05, 3.63) is 71.0 Å². The quantitative estimate of drug-likeness (QED) is 0.674. The summed E-state index contributed by atoms with van der Waals surface area (Å²) < 4.78 is 5.79. The first-order valence-electron chi connectivity index (χ1n) is 9.71. The molecule has 0 aliphatic carbocycles. The predicted molar refractivity (Wildman–Crippen MR) is 115 cm³/mol. The second kappa shape index (κ2) is 7.80. The molecule has 0 fully saturated rings. The van der Waals surface area contributed by atoms with E-state index in [0.29, 0.717) is 12.3 Å². The first kappa shape index (κ1) is 20.2. The molecule has 1 heterocycles. The third-order valence-electron chi connectivity index (χ3n) is 5.29. The number of aryl methyl sites for hydroxylation is 1. The van der Waals surface area contributed by atoms with Crippen LogP contribution in [0.25, 0.3) is 11.0 Å². The van der Waals surface area contributed by atoms with E-state index in [1.807, 2.05) is 45.3 Å². The van der Waals surface area contributed by atoms with Gasteiger partial charge in [0.15, 0.2) is 5.76 Å². The van der Waals surface area contributed by atoms with Crippen molar-refractivity contribution in [1.82, 2.24) is 10.2 Å². The van der Waals surface area contributed by atoms with Crippen LogP contribution in [-0.2, 0) is 5.41 Å². The van der Waals surface area contributed by atoms with Crippen molar-refractivity contribution in [3.8, 4) is 0 Å². The van der Waals surface area contributed by atoms with Crippen molar-refractivity contribution in [2.45, 2.75) is 39.2 Å². The van der Waals surface area contributed by atoms with E-state index in [9.17, 15) is 4.79 Å². The molecule has 28 heavy (non-hydrogen) atoms. The van der Waals surface area contributed by atoms with Gasteiger partial charge in [-0.15, -0.1) is 0 Å². The molecule has 0 bridgehead atoms. The zero-order chi connectivity index (χ0) is 20.5. The van der Waals surface area contributed by atoms with Gasteiger partial charge in [0.1, 0.15) is 5.58 Å². The molecule has 4 heteroatoms. The zero-order valence-corrected chi connectivity index (χ0v) is 17.7. The number of amides is 1. The van der Waals surface area contributed by atoms with Crippen molar-refractivity contribution >= 4 is 16.9 Å². The Kier molecular flexibility index (Phi) is 5.61. The van der Waals surface area contributed by atoms with E-state index in [4.69, 9.17) is 4.42 Å². The van der Waals surface area contributed by atoms with E-state index in [1.165, 1.54) is 11.1 Å². The van der Waals surface area contributed by atoms with Gasteiger partial charge in [0.05, 0.1) is 6.04 Å². The van der Waals surface area contributed by atoms with Crippen molar-refractivity contribution in [2.75, 3.05) is 20.6 Å². The maximum absolute atomic E-state index is 12.8. The molecule has 1 atom stereocenters. The maximum Gasteiger partial charge on any atom is 0.287 e. The van der Waals surface area contributed by atoms with E-state index in [0.717, 1.165) is 16.5 Å². The van der Waals surface area contributed by atoms with E-state index in [2.05, 4.69) is 55.3 Å². The lowest BCUT2D eigenvalue weighted by Crippen LogP contribution is -2.34. The SMILES string of the molecule is Cc1c(C(=O)NC[C@H](c2ccc(C(C)(C)C)cc2)N(C)C)oc2ccccc12. The standard InChI is InChI=1S/C24H30N2O2/c1-16-19-9-7-8-10-21(19)28-22(16)23(27)25-15-20(26(5)6)17-11-13-18(14-12-17)24(2,3)4/h7-14,20H,15H2,1-6H3,(H,25,27)/t20-/m1/s1. The van der Waals surface area contributed by atoms with Gasteiger partial charge in [-0.3, -0.25) is 4.79 Å². The topological polar surface area (TPSA) is 45.5 Å². The Balaban J connectivity index is 1.76. The Hall–Kier alpha value is -2.59. The van der Waals surface area contributed by atoms with Crippen molar-refractivity contribution in [3.63, 3.8) is 0 Å². The number of hydrogen-bond acceptors (Lipinski definition) is 3. The van der Waals surface area contributed by atoms with Crippen molar-refractivity contribution in [2.24, 2.45) is 0 Å². The van der Waals surface area contributed by atoms with Gasteiger partial charge in [-0.05, 0) is 43.6 Å². The van der Waals surface area contributed by atoms with Gasteiger partial charge in [-0.1, -0.05) is 63.2 Å². The number of nitrogens with zero attached hydrogens (tertiary/aromatic N) is 1. The summed E-state index contributed by atoms with van der Waals surface area (Å²) >= 11 is 0. The molecule has 0 saturated heterocycles. The molecule has 2 aromatic carbocycles. The van der Waals surface area contributed by atoms with Crippen LogP contribution in [0.4, 0.5) is 0 Å². The first-order valence-corrected chi connectivity index (χ1v) is 9.71. The number of furan rings is 1. The minimum atomic E-state index is -0.174. The lowest BCUT2D eigenvalue weighted by molar-refractivity contribution is 0.0915. The second-order valence-corrected chi connectivity index (χ2v) is 8.61. The smallest absolute Gasteiger partial charge is 0.287 e. The fraction of sp³-hybridized carbons (Fsp3) is 0.375. The lowest BCUT2D eigenvalue weighted by atomic mass is 9.86. The van der Waals surface area contributed by atoms with Crippen LogP contribution in [0.3, 0.4) is 0 Å². The molecule has 0 saturated carbocycles. The minimum absolute atomic E-state index is 0.0858. The summed E-state index contributed by atoms with van der Waals surface area (Å²) in [6.45, 7) is 9.07. The van der Waals surface area contributed by atoms with Gasteiger partial charge >= 0.3 is 0 Å². The highest BCUT2D eigenvalue weighted by Crippen LogP contribution is 2.27. The molecule has 1 aromatic heterocycles. The molecular formula is C24H30N2O2. The third kappa shape index (κ3) is 4.12. The van der Waals surface area contributed by atoms with Crippen LogP contribution in [0.15, 0.2) is 52.9 Å². The van der Waals surface area contributed by atoms with Crippen molar-refractivity contribution < 1.29 is 9.21 Å². The Morgan fingerprint density at radius 2 is 1.71 bits per heavy atom. The number of carbonyl (C=O) groups excluding carboxylic acids is 1. The fourth-order valence-corrected chi connectivity index (χ4v) is 3.46. The summed E-state index contributed by atoms with van der Waals surface area (Å²) in [5.41, 5.74) is 4.23. The van der Waals surface area contributed by atoms with E-state index in [1.54, 1.807) is 0 Å². The van der Waals surface area contributed by atoms with Gasteiger partial charge < -0.3 is 14.6 Å². The Morgan fingerprint density at radius 3 is 2.29 bits per heavy atom. The van der Waals surface area contributed by atoms with Crippen LogP contribution in [0.2, 0.25) is 0 Å². The highest BCUT2D eigenvalue weighted by Gasteiger charge is 2.21. The Morgan fingerprint density at radius 1 is 1.07 bits per heavy atom. The van der Waals surface area contributed by atoms with Crippen molar-refractivity contribution in [1.29, 1.82) is 0 Å². The molecule has 1 amide bonds. The number of fused-ring (bicyclic) bond motifs is 1. The van der Waals surface area contributed by atoms with Gasteiger partial charge in [0, 0.05) is 17.5 Å². The summed E-state index contributed by atoms with van der Waals surface area (Å²) in [6, 6.07) is 16.5. The number of likely N-dealkylation sites (N-methyl/N-ethyl adjacent to an activating group) is 1. The summed E-state index contributed by atoms with van der Waals surface area (Å²) in [5, 5.41) is 4.03. The fourth-order valence-electron chi connectivity index (χ4n) is 3.46. The zero-order valence-electron chi connectivity index (χ0n) is 17.7. The normalized spacial score (nSPS) is 13.1. The van der Waals surface area contributed by atoms with Gasteiger partial charge in [-0.25, -0.2) is 0 Å². The number of hydrogen-bond donors (Lipinski definition) is 1. The minimum Gasteiger partial charge on any atom is -0.451 e. The van der Waals surface area contributed by atoms with E-state index in [-0.39, 0.29) is 17.4 Å². The van der Waals surface area contributed by atoms with E-state index >= 15 is 0 Å². The molecule has 3 rings (SSSR count). The molecule has 0 unspecified atom stereocenters. The highest BCUT2D eigenvalue weighted by atomic mass is 16.3. The van der Waals surface area contributed by atoms with Crippen LogP contribution in [0, 0.1) is 6.92 Å². The molecular weight excluding hydrogens is 348 g/mol. The first-order chi connectivity index (χ1) is 13.2. The molecule has 0 aliphatic rings. The maximum atomic E-state index is 12.8. The molecule has 4 nitrogen and oxygen atoms in total. The number of carbonyl (C=O) groups is 1. The average molecular weight is 379 g/mol. The molecule has 3 aromatic rings. The largest absolute Gasteiger partial charge is 0.451 e. The Labute approximate surface area is 167 Å². The molecule has 1 N–H and O–H groups in total. The molecule has 0 spiro atoms. The van der Waals surface area contributed by atoms with Crippen LogP contribution >= 0.6 is 0 Å². The second-order valence-electron chi connectivity index (χ2n) is 8.61. The highest BCUT2D eigenvalue weighted by molar-refractivity contribution is 5.98. The predicted octanol–water partition coefficient (Wildman–Crippen LogP) is 5.07. The Bertz CT molecular complexity index is 962. The van der Waals surface area contributed by atoms with Gasteiger partial charge in [0.2, 0.25) is 0 Å². The number of benzene rings is 2. The van der Waals surface area contributed by atoms with Gasteiger partial charge in [0.25, 0.3) is 5.91 Å². The average Bonchev–Trinajstić information content (AvgIpc) is 2.98. The number of rotatable bonds is 5. The van der Waals surface area contributed by atoms with Crippen LogP contribution in [0.5, 0.6) is 0 Å². The van der Waals surface area contributed by atoms with Crippen LogP contribution in [0.1, 0.15) is 54.1 Å². The lowest BCUT2D eigenvalue weighted by Gasteiger charge is -2.26. The summed E-state index contributed by atoms with van der Waals surface area (Å²) in [6.07, 6.45) is 0. The summed E-state index contributed by atoms with van der Waals surface area (Å²) in [7, 11) is 4.06.